The van der Waals surface area contributed by atoms with E-state index in [1.807, 2.05) is 19.1 Å². The summed E-state index contributed by atoms with van der Waals surface area (Å²) in [5.74, 6) is 0.660. The Labute approximate surface area is 86.9 Å². The van der Waals surface area contributed by atoms with Gasteiger partial charge in [-0.2, -0.15) is 0 Å². The molecule has 2 nitrogen and oxygen atoms in total. The zero-order valence-corrected chi connectivity index (χ0v) is 9.02. The molecule has 0 atom stereocenters. The van der Waals surface area contributed by atoms with Gasteiger partial charge in [0.25, 0.3) is 0 Å². The van der Waals surface area contributed by atoms with Gasteiger partial charge in [0.05, 0.1) is 7.11 Å². The topological polar surface area (TPSA) is 22.1 Å². The Morgan fingerprint density at radius 1 is 1.50 bits per heavy atom. The molecule has 2 aromatic heterocycles. The number of rotatable bonds is 2. The highest BCUT2D eigenvalue weighted by Gasteiger charge is 2.04. The summed E-state index contributed by atoms with van der Waals surface area (Å²) in [6, 6.07) is 6.00. The fourth-order valence-electron chi connectivity index (χ4n) is 1.22. The molecule has 2 heterocycles. The van der Waals surface area contributed by atoms with Crippen LogP contribution in [-0.2, 0) is 0 Å². The molecule has 0 amide bonds. The van der Waals surface area contributed by atoms with Crippen molar-refractivity contribution >= 4 is 27.1 Å². The van der Waals surface area contributed by atoms with Crippen molar-refractivity contribution in [3.63, 3.8) is 0 Å². The highest BCUT2D eigenvalue weighted by Crippen LogP contribution is 2.29. The Morgan fingerprint density at radius 3 is 2.93 bits per heavy atom. The molecule has 0 aliphatic rings. The van der Waals surface area contributed by atoms with Crippen LogP contribution in [0.5, 0.6) is 5.88 Å². The van der Waals surface area contributed by atoms with Gasteiger partial charge in [0, 0.05) is 16.3 Å². The van der Waals surface area contributed by atoms with Crippen molar-refractivity contribution in [2.75, 3.05) is 7.11 Å². The fourth-order valence-corrected chi connectivity index (χ4v) is 2.17. The maximum absolute atomic E-state index is 5.07. The number of ether oxygens (including phenoxy) is 1. The molecule has 0 saturated carbocycles. The van der Waals surface area contributed by atoms with Gasteiger partial charge < -0.3 is 4.74 Å². The molecule has 3 heteroatoms. The summed E-state index contributed by atoms with van der Waals surface area (Å²) < 4.78 is 5.07. The van der Waals surface area contributed by atoms with E-state index in [1.165, 1.54) is 4.88 Å². The third kappa shape index (κ3) is 1.51. The van der Waals surface area contributed by atoms with E-state index in [1.54, 1.807) is 18.4 Å². The second-order valence-electron chi connectivity index (χ2n) is 3.14. The van der Waals surface area contributed by atoms with Gasteiger partial charge in [0.15, 0.2) is 0 Å². The van der Waals surface area contributed by atoms with Crippen molar-refractivity contribution in [1.29, 1.82) is 0 Å². The Kier molecular flexibility index (Phi) is 2.25. The molecule has 0 aliphatic carbocycles. The largest absolute Gasteiger partial charge is 0.481 e. The molecular formula is C11H11NOS. The highest BCUT2D eigenvalue weighted by atomic mass is 32.1. The summed E-state index contributed by atoms with van der Waals surface area (Å²) >= 11 is 1.64. The lowest BCUT2D eigenvalue weighted by Gasteiger charge is -1.95. The number of hydrogen-bond acceptors (Lipinski definition) is 3. The Hall–Kier alpha value is -1.35. The van der Waals surface area contributed by atoms with Crippen molar-refractivity contribution in [2.45, 2.75) is 6.92 Å². The monoisotopic (exact) mass is 205 g/mol. The van der Waals surface area contributed by atoms with Crippen molar-refractivity contribution in [3.05, 3.63) is 29.7 Å². The molecule has 72 valence electrons. The van der Waals surface area contributed by atoms with Gasteiger partial charge >= 0.3 is 0 Å². The van der Waals surface area contributed by atoms with Crippen LogP contribution in [0.25, 0.3) is 15.8 Å². The molecule has 0 aromatic carbocycles. The summed E-state index contributed by atoms with van der Waals surface area (Å²) in [5.41, 5.74) is 1.08. The minimum Gasteiger partial charge on any atom is -0.481 e. The third-order valence-corrected chi connectivity index (χ3v) is 3.19. The van der Waals surface area contributed by atoms with Crippen LogP contribution in [0.2, 0.25) is 0 Å². The van der Waals surface area contributed by atoms with Crippen molar-refractivity contribution < 1.29 is 4.74 Å². The number of nitrogens with zero attached hydrogens (tertiary/aromatic N) is 1. The van der Waals surface area contributed by atoms with Crippen LogP contribution in [0, 0.1) is 0 Å². The predicted molar refractivity (Wildman–Crippen MR) is 60.9 cm³/mol. The maximum Gasteiger partial charge on any atom is 0.214 e. The Balaban J connectivity index is 2.60. The quantitative estimate of drug-likeness (QED) is 0.750. The van der Waals surface area contributed by atoms with Crippen LogP contribution in [0.3, 0.4) is 0 Å². The van der Waals surface area contributed by atoms with E-state index in [2.05, 4.69) is 17.6 Å². The fraction of sp³-hybridized carbons (Fsp3) is 0.182. The van der Waals surface area contributed by atoms with Gasteiger partial charge in [-0.05, 0) is 24.6 Å². The summed E-state index contributed by atoms with van der Waals surface area (Å²) in [5, 5.41) is 1.15. The van der Waals surface area contributed by atoms with E-state index in [4.69, 9.17) is 4.74 Å². The van der Waals surface area contributed by atoms with Gasteiger partial charge in [-0.15, -0.1) is 11.3 Å². The van der Waals surface area contributed by atoms with Crippen LogP contribution >= 0.6 is 11.3 Å². The summed E-state index contributed by atoms with van der Waals surface area (Å²) in [6.45, 7) is 5.92. The van der Waals surface area contributed by atoms with Crippen LogP contribution < -0.4 is 4.74 Å². The van der Waals surface area contributed by atoms with Crippen LogP contribution in [0.15, 0.2) is 24.8 Å². The average Bonchev–Trinajstić information content (AvgIpc) is 2.59. The molecule has 0 N–H and O–H groups in total. The van der Waals surface area contributed by atoms with E-state index in [0.29, 0.717) is 5.88 Å². The first-order valence-electron chi connectivity index (χ1n) is 4.31. The minimum absolute atomic E-state index is 0.660. The average molecular weight is 205 g/mol. The van der Waals surface area contributed by atoms with E-state index >= 15 is 0 Å². The molecule has 2 rings (SSSR count). The molecule has 14 heavy (non-hydrogen) atoms. The first kappa shape index (κ1) is 9.21. The number of hydrogen-bond donors (Lipinski definition) is 0. The smallest absolute Gasteiger partial charge is 0.214 e. The highest BCUT2D eigenvalue weighted by molar-refractivity contribution is 7.19. The van der Waals surface area contributed by atoms with Crippen LogP contribution in [-0.4, -0.2) is 12.1 Å². The van der Waals surface area contributed by atoms with Crippen molar-refractivity contribution in [2.24, 2.45) is 0 Å². The molecule has 0 aliphatic heterocycles. The van der Waals surface area contributed by atoms with E-state index < -0.39 is 0 Å². The molecule has 0 spiro atoms. The van der Waals surface area contributed by atoms with E-state index in [0.717, 1.165) is 15.8 Å². The summed E-state index contributed by atoms with van der Waals surface area (Å²) in [7, 11) is 1.63. The maximum atomic E-state index is 5.07. The third-order valence-electron chi connectivity index (χ3n) is 1.99. The number of methoxy groups -OCH3 is 1. The first-order valence-corrected chi connectivity index (χ1v) is 5.13. The molecule has 0 saturated heterocycles. The van der Waals surface area contributed by atoms with Crippen LogP contribution in [0.1, 0.15) is 11.8 Å². The number of aromatic nitrogens is 1. The lowest BCUT2D eigenvalue weighted by Crippen LogP contribution is -1.84. The molecule has 2 aromatic rings. The van der Waals surface area contributed by atoms with Gasteiger partial charge in [0.1, 0.15) is 4.83 Å². The van der Waals surface area contributed by atoms with Gasteiger partial charge in [0.2, 0.25) is 5.88 Å². The van der Waals surface area contributed by atoms with Crippen molar-refractivity contribution in [1.82, 2.24) is 4.98 Å². The lowest BCUT2D eigenvalue weighted by atomic mass is 10.2. The zero-order valence-electron chi connectivity index (χ0n) is 8.20. The normalized spacial score (nSPS) is 10.4. The van der Waals surface area contributed by atoms with Gasteiger partial charge in [-0.1, -0.05) is 6.58 Å². The van der Waals surface area contributed by atoms with E-state index in [-0.39, 0.29) is 0 Å². The second kappa shape index (κ2) is 3.42. The Bertz CT molecular complexity index is 487. The summed E-state index contributed by atoms with van der Waals surface area (Å²) in [6.07, 6.45) is 0. The number of pyridine rings is 1. The Morgan fingerprint density at radius 2 is 2.29 bits per heavy atom. The molecular weight excluding hydrogens is 194 g/mol. The first-order chi connectivity index (χ1) is 6.70. The number of thiophene rings is 1. The van der Waals surface area contributed by atoms with Gasteiger partial charge in [-0.3, -0.25) is 0 Å². The van der Waals surface area contributed by atoms with E-state index in [9.17, 15) is 0 Å². The van der Waals surface area contributed by atoms with Gasteiger partial charge in [-0.25, -0.2) is 4.98 Å². The zero-order chi connectivity index (χ0) is 10.1. The lowest BCUT2D eigenvalue weighted by molar-refractivity contribution is 0.400. The summed E-state index contributed by atoms with van der Waals surface area (Å²) in [4.78, 5) is 6.54. The van der Waals surface area contributed by atoms with Crippen molar-refractivity contribution in [3.8, 4) is 5.88 Å². The molecule has 0 bridgehead atoms. The van der Waals surface area contributed by atoms with Crippen LogP contribution in [0.4, 0.5) is 0 Å². The second-order valence-corrected chi connectivity index (χ2v) is 4.17. The number of allylic oxidation sites excluding steroid dienone is 1. The molecule has 0 radical (unpaired) electrons. The standard InChI is InChI=1S/C11H11NOS/c1-7(2)9-6-8-4-5-10(13-3)12-11(8)14-9/h4-6H,1H2,2-3H3. The predicted octanol–water partition coefficient (Wildman–Crippen LogP) is 3.34. The SMILES string of the molecule is C=C(C)c1cc2ccc(OC)nc2s1. The minimum atomic E-state index is 0.660. The number of fused-ring (bicyclic) bond motifs is 1. The molecule has 0 fully saturated rings. The molecule has 0 unspecified atom stereocenters.